The standard InChI is InChI=1S/C11H21N3O4/c15-7-4-9(10(16)17)14-11(18)13-6-1-5-12-8-2-3-8/h8-9,12,15H,1-7H2,(H,16,17)(H2,13,14,18). The molecule has 1 aliphatic carbocycles. The van der Waals surface area contributed by atoms with E-state index in [0.29, 0.717) is 12.6 Å². The van der Waals surface area contributed by atoms with Crippen LogP contribution in [0.5, 0.6) is 0 Å². The Hall–Kier alpha value is -1.34. The van der Waals surface area contributed by atoms with Gasteiger partial charge in [0.25, 0.3) is 0 Å². The summed E-state index contributed by atoms with van der Waals surface area (Å²) in [6.07, 6.45) is 3.28. The Balaban J connectivity index is 2.04. The summed E-state index contributed by atoms with van der Waals surface area (Å²) in [5.74, 6) is -1.14. The topological polar surface area (TPSA) is 111 Å². The van der Waals surface area contributed by atoms with Crippen molar-refractivity contribution < 1.29 is 19.8 Å². The lowest BCUT2D eigenvalue weighted by atomic mass is 10.2. The summed E-state index contributed by atoms with van der Waals surface area (Å²) in [7, 11) is 0. The molecule has 7 heteroatoms. The van der Waals surface area contributed by atoms with E-state index in [-0.39, 0.29) is 13.0 Å². The molecule has 0 saturated heterocycles. The number of urea groups is 1. The number of rotatable bonds is 9. The van der Waals surface area contributed by atoms with Gasteiger partial charge in [0, 0.05) is 25.6 Å². The maximum atomic E-state index is 11.4. The van der Waals surface area contributed by atoms with Crippen molar-refractivity contribution in [3.8, 4) is 0 Å². The molecular formula is C11H21N3O4. The lowest BCUT2D eigenvalue weighted by Gasteiger charge is -2.14. The van der Waals surface area contributed by atoms with Crippen molar-refractivity contribution in [2.75, 3.05) is 19.7 Å². The number of hydrogen-bond acceptors (Lipinski definition) is 4. The van der Waals surface area contributed by atoms with E-state index in [2.05, 4.69) is 16.0 Å². The van der Waals surface area contributed by atoms with E-state index in [1.54, 1.807) is 0 Å². The fourth-order valence-electron chi connectivity index (χ4n) is 1.48. The van der Waals surface area contributed by atoms with Gasteiger partial charge in [-0.15, -0.1) is 0 Å². The Morgan fingerprint density at radius 3 is 2.56 bits per heavy atom. The van der Waals surface area contributed by atoms with Crippen LogP contribution in [-0.4, -0.2) is 54.0 Å². The molecule has 5 N–H and O–H groups in total. The summed E-state index contributed by atoms with van der Waals surface area (Å²) < 4.78 is 0. The van der Waals surface area contributed by atoms with Crippen LogP contribution in [0.2, 0.25) is 0 Å². The summed E-state index contributed by atoms with van der Waals surface area (Å²) in [4.78, 5) is 22.1. The number of carboxylic acids is 1. The van der Waals surface area contributed by atoms with Gasteiger partial charge in [-0.05, 0) is 25.8 Å². The van der Waals surface area contributed by atoms with Gasteiger partial charge in [-0.2, -0.15) is 0 Å². The number of aliphatic hydroxyl groups is 1. The molecule has 0 heterocycles. The van der Waals surface area contributed by atoms with E-state index >= 15 is 0 Å². The van der Waals surface area contributed by atoms with Gasteiger partial charge in [0.05, 0.1) is 0 Å². The maximum Gasteiger partial charge on any atom is 0.326 e. The van der Waals surface area contributed by atoms with Crippen LogP contribution in [0.1, 0.15) is 25.7 Å². The summed E-state index contributed by atoms with van der Waals surface area (Å²) >= 11 is 0. The van der Waals surface area contributed by atoms with Gasteiger partial charge < -0.3 is 26.2 Å². The highest BCUT2D eigenvalue weighted by molar-refractivity contribution is 5.82. The average molecular weight is 259 g/mol. The quantitative estimate of drug-likeness (QED) is 0.350. The maximum absolute atomic E-state index is 11.4. The first-order valence-electron chi connectivity index (χ1n) is 6.25. The number of amides is 2. The molecule has 1 fully saturated rings. The van der Waals surface area contributed by atoms with Gasteiger partial charge in [-0.1, -0.05) is 0 Å². The SMILES string of the molecule is O=C(NCCCNC1CC1)NC(CCO)C(=O)O. The van der Waals surface area contributed by atoms with E-state index in [1.165, 1.54) is 12.8 Å². The van der Waals surface area contributed by atoms with Crippen LogP contribution >= 0.6 is 0 Å². The minimum absolute atomic E-state index is 0.00594. The van der Waals surface area contributed by atoms with Crippen LogP contribution in [0.25, 0.3) is 0 Å². The van der Waals surface area contributed by atoms with Crippen LogP contribution < -0.4 is 16.0 Å². The summed E-state index contributed by atoms with van der Waals surface area (Å²) in [5.41, 5.74) is 0. The fourth-order valence-corrected chi connectivity index (χ4v) is 1.48. The summed E-state index contributed by atoms with van der Waals surface area (Å²) in [5, 5.41) is 25.6. The van der Waals surface area contributed by atoms with E-state index in [0.717, 1.165) is 13.0 Å². The Bertz CT molecular complexity index is 281. The molecule has 0 aromatic heterocycles. The normalized spacial score (nSPS) is 16.1. The molecule has 0 radical (unpaired) electrons. The Kier molecular flexibility index (Phi) is 6.45. The van der Waals surface area contributed by atoms with E-state index in [9.17, 15) is 9.59 Å². The lowest BCUT2D eigenvalue weighted by Crippen LogP contribution is -2.46. The number of aliphatic hydroxyl groups excluding tert-OH is 1. The predicted octanol–water partition coefficient (Wildman–Crippen LogP) is -0.737. The zero-order valence-corrected chi connectivity index (χ0v) is 10.3. The zero-order valence-electron chi connectivity index (χ0n) is 10.3. The number of carboxylic acid groups (broad SMARTS) is 1. The molecule has 2 amide bonds. The Morgan fingerprint density at radius 1 is 1.28 bits per heavy atom. The van der Waals surface area contributed by atoms with Crippen molar-refractivity contribution in [2.45, 2.75) is 37.8 Å². The van der Waals surface area contributed by atoms with Crippen molar-refractivity contribution in [3.63, 3.8) is 0 Å². The van der Waals surface area contributed by atoms with Gasteiger partial charge in [-0.3, -0.25) is 0 Å². The summed E-state index contributed by atoms with van der Waals surface area (Å²) in [6.45, 7) is 1.07. The second kappa shape index (κ2) is 7.88. The molecule has 0 aromatic rings. The molecule has 18 heavy (non-hydrogen) atoms. The summed E-state index contributed by atoms with van der Waals surface area (Å²) in [6, 6.07) is -0.901. The highest BCUT2D eigenvalue weighted by atomic mass is 16.4. The zero-order chi connectivity index (χ0) is 13.4. The molecule has 1 rings (SSSR count). The average Bonchev–Trinajstić information content (AvgIpc) is 3.12. The first kappa shape index (κ1) is 14.7. The first-order valence-corrected chi connectivity index (χ1v) is 6.25. The van der Waals surface area contributed by atoms with Gasteiger partial charge in [-0.25, -0.2) is 9.59 Å². The molecule has 7 nitrogen and oxygen atoms in total. The van der Waals surface area contributed by atoms with Gasteiger partial charge >= 0.3 is 12.0 Å². The number of hydrogen-bond donors (Lipinski definition) is 5. The van der Waals surface area contributed by atoms with E-state index < -0.39 is 18.0 Å². The van der Waals surface area contributed by atoms with Crippen LogP contribution in [0.3, 0.4) is 0 Å². The van der Waals surface area contributed by atoms with Crippen LogP contribution in [0.4, 0.5) is 4.79 Å². The second-order valence-electron chi connectivity index (χ2n) is 4.39. The third-order valence-electron chi connectivity index (χ3n) is 2.67. The number of aliphatic carboxylic acids is 1. The largest absolute Gasteiger partial charge is 0.480 e. The third-order valence-corrected chi connectivity index (χ3v) is 2.67. The fraction of sp³-hybridized carbons (Fsp3) is 0.818. The monoisotopic (exact) mass is 259 g/mol. The van der Waals surface area contributed by atoms with Gasteiger partial charge in [0.1, 0.15) is 6.04 Å². The van der Waals surface area contributed by atoms with E-state index in [4.69, 9.17) is 10.2 Å². The van der Waals surface area contributed by atoms with Crippen molar-refractivity contribution in [1.82, 2.24) is 16.0 Å². The molecular weight excluding hydrogens is 238 g/mol. The third kappa shape index (κ3) is 6.41. The first-order chi connectivity index (χ1) is 8.63. The lowest BCUT2D eigenvalue weighted by molar-refractivity contribution is -0.139. The van der Waals surface area contributed by atoms with Crippen LogP contribution in [-0.2, 0) is 4.79 Å². The predicted molar refractivity (Wildman–Crippen MR) is 65.3 cm³/mol. The molecule has 104 valence electrons. The van der Waals surface area contributed by atoms with Crippen LogP contribution in [0.15, 0.2) is 0 Å². The van der Waals surface area contributed by atoms with Crippen molar-refractivity contribution in [1.29, 1.82) is 0 Å². The van der Waals surface area contributed by atoms with Gasteiger partial charge in [0.2, 0.25) is 0 Å². The number of carbonyl (C=O) groups excluding carboxylic acids is 1. The molecule has 1 atom stereocenters. The van der Waals surface area contributed by atoms with Crippen LogP contribution in [0, 0.1) is 0 Å². The molecule has 0 aliphatic heterocycles. The minimum atomic E-state index is -1.14. The van der Waals surface area contributed by atoms with Crippen molar-refractivity contribution >= 4 is 12.0 Å². The highest BCUT2D eigenvalue weighted by Gasteiger charge is 2.20. The Labute approximate surface area is 106 Å². The highest BCUT2D eigenvalue weighted by Crippen LogP contribution is 2.18. The van der Waals surface area contributed by atoms with Crippen molar-refractivity contribution in [2.24, 2.45) is 0 Å². The molecule has 1 aliphatic rings. The van der Waals surface area contributed by atoms with Crippen molar-refractivity contribution in [3.05, 3.63) is 0 Å². The second-order valence-corrected chi connectivity index (χ2v) is 4.39. The molecule has 0 aromatic carbocycles. The van der Waals surface area contributed by atoms with E-state index in [1.807, 2.05) is 0 Å². The van der Waals surface area contributed by atoms with Gasteiger partial charge in [0.15, 0.2) is 0 Å². The molecule has 1 unspecified atom stereocenters. The molecule has 0 bridgehead atoms. The molecule has 1 saturated carbocycles. The Morgan fingerprint density at radius 2 is 2.00 bits per heavy atom. The number of carbonyl (C=O) groups is 2. The molecule has 0 spiro atoms. The minimum Gasteiger partial charge on any atom is -0.480 e. The number of nitrogens with one attached hydrogen (secondary N) is 3. The smallest absolute Gasteiger partial charge is 0.326 e.